The highest BCUT2D eigenvalue weighted by Gasteiger charge is 2.08. The Bertz CT molecular complexity index is 566. The summed E-state index contributed by atoms with van der Waals surface area (Å²) in [6, 6.07) is 4.71. The van der Waals surface area contributed by atoms with Crippen LogP contribution in [0.5, 0.6) is 0 Å². The standard InChI is InChI=1S/C14H17BrFN3/c1-3-17-7-12-8-18-19(10(12)2)9-11-6-13(16)4-5-14(11)15/h4-6,8,17H,3,7,9H2,1-2H3. The van der Waals surface area contributed by atoms with Crippen LogP contribution < -0.4 is 5.32 Å². The summed E-state index contributed by atoms with van der Waals surface area (Å²) in [5, 5.41) is 7.65. The van der Waals surface area contributed by atoms with Crippen LogP contribution in [0.1, 0.15) is 23.7 Å². The molecule has 5 heteroatoms. The monoisotopic (exact) mass is 325 g/mol. The first-order valence-corrected chi connectivity index (χ1v) is 7.07. The van der Waals surface area contributed by atoms with Gasteiger partial charge in [0.2, 0.25) is 0 Å². The third kappa shape index (κ3) is 3.42. The zero-order valence-electron chi connectivity index (χ0n) is 11.1. The third-order valence-electron chi connectivity index (χ3n) is 3.10. The maximum atomic E-state index is 13.3. The fourth-order valence-electron chi connectivity index (χ4n) is 1.90. The summed E-state index contributed by atoms with van der Waals surface area (Å²) in [6.45, 7) is 6.42. The van der Waals surface area contributed by atoms with Crippen LogP contribution in [-0.4, -0.2) is 16.3 Å². The Labute approximate surface area is 121 Å². The molecule has 0 bridgehead atoms. The van der Waals surface area contributed by atoms with Crippen LogP contribution in [0.25, 0.3) is 0 Å². The quantitative estimate of drug-likeness (QED) is 0.914. The molecule has 1 aromatic heterocycles. The maximum Gasteiger partial charge on any atom is 0.123 e. The van der Waals surface area contributed by atoms with E-state index in [0.717, 1.165) is 28.8 Å². The van der Waals surface area contributed by atoms with Gasteiger partial charge in [0, 0.05) is 22.3 Å². The van der Waals surface area contributed by atoms with Crippen LogP contribution in [0.4, 0.5) is 4.39 Å². The lowest BCUT2D eigenvalue weighted by Gasteiger charge is -2.08. The van der Waals surface area contributed by atoms with Gasteiger partial charge in [-0.25, -0.2) is 4.39 Å². The molecule has 19 heavy (non-hydrogen) atoms. The summed E-state index contributed by atoms with van der Waals surface area (Å²) in [5.41, 5.74) is 3.17. The molecule has 1 N–H and O–H groups in total. The van der Waals surface area contributed by atoms with E-state index >= 15 is 0 Å². The summed E-state index contributed by atoms with van der Waals surface area (Å²) in [5.74, 6) is -0.226. The van der Waals surface area contributed by atoms with Crippen molar-refractivity contribution in [3.63, 3.8) is 0 Å². The molecule has 102 valence electrons. The lowest BCUT2D eigenvalue weighted by atomic mass is 10.2. The van der Waals surface area contributed by atoms with Gasteiger partial charge in [-0.1, -0.05) is 22.9 Å². The smallest absolute Gasteiger partial charge is 0.123 e. The Hall–Kier alpha value is -1.20. The Morgan fingerprint density at radius 3 is 2.89 bits per heavy atom. The molecule has 1 heterocycles. The third-order valence-corrected chi connectivity index (χ3v) is 3.87. The van der Waals surface area contributed by atoms with Gasteiger partial charge < -0.3 is 5.32 Å². The Kier molecular flexibility index (Phi) is 4.71. The second-order valence-electron chi connectivity index (χ2n) is 4.43. The number of aromatic nitrogens is 2. The van der Waals surface area contributed by atoms with Crippen LogP contribution in [0, 0.1) is 12.7 Å². The molecule has 0 aliphatic heterocycles. The molecule has 0 unspecified atom stereocenters. The largest absolute Gasteiger partial charge is 0.313 e. The highest BCUT2D eigenvalue weighted by Crippen LogP contribution is 2.20. The normalized spacial score (nSPS) is 10.9. The minimum Gasteiger partial charge on any atom is -0.313 e. The number of benzene rings is 1. The number of nitrogens with one attached hydrogen (secondary N) is 1. The van der Waals surface area contributed by atoms with E-state index < -0.39 is 0 Å². The molecule has 0 fully saturated rings. The molecular weight excluding hydrogens is 309 g/mol. The lowest BCUT2D eigenvalue weighted by Crippen LogP contribution is -2.12. The van der Waals surface area contributed by atoms with E-state index in [1.165, 1.54) is 17.7 Å². The minimum atomic E-state index is -0.226. The molecule has 0 radical (unpaired) electrons. The predicted octanol–water partition coefficient (Wildman–Crippen LogP) is 3.25. The van der Waals surface area contributed by atoms with Crippen molar-refractivity contribution >= 4 is 15.9 Å². The first-order valence-electron chi connectivity index (χ1n) is 6.27. The molecule has 1 aromatic carbocycles. The van der Waals surface area contributed by atoms with Crippen molar-refractivity contribution < 1.29 is 4.39 Å². The van der Waals surface area contributed by atoms with Crippen LogP contribution in [0.15, 0.2) is 28.9 Å². The molecule has 0 atom stereocenters. The van der Waals surface area contributed by atoms with Gasteiger partial charge in [-0.3, -0.25) is 4.68 Å². The molecular formula is C14H17BrFN3. The van der Waals surface area contributed by atoms with Crippen molar-refractivity contribution in [1.29, 1.82) is 0 Å². The van der Waals surface area contributed by atoms with Crippen LogP contribution in [0.2, 0.25) is 0 Å². The van der Waals surface area contributed by atoms with Gasteiger partial charge in [0.1, 0.15) is 5.82 Å². The zero-order chi connectivity index (χ0) is 13.8. The van der Waals surface area contributed by atoms with Gasteiger partial charge in [0.25, 0.3) is 0 Å². The molecule has 0 aliphatic carbocycles. The highest BCUT2D eigenvalue weighted by molar-refractivity contribution is 9.10. The first-order chi connectivity index (χ1) is 9.11. The number of hydrogen-bond donors (Lipinski definition) is 1. The molecule has 0 spiro atoms. The van der Waals surface area contributed by atoms with E-state index in [1.807, 2.05) is 17.8 Å². The molecule has 0 saturated carbocycles. The number of hydrogen-bond acceptors (Lipinski definition) is 2. The van der Waals surface area contributed by atoms with Crippen LogP contribution >= 0.6 is 15.9 Å². The molecule has 3 nitrogen and oxygen atoms in total. The summed E-state index contributed by atoms with van der Waals surface area (Å²) in [4.78, 5) is 0. The van der Waals surface area contributed by atoms with Gasteiger partial charge in [0.05, 0.1) is 12.7 Å². The van der Waals surface area contributed by atoms with Gasteiger partial charge in [0.15, 0.2) is 0 Å². The molecule has 0 amide bonds. The van der Waals surface area contributed by atoms with Crippen LogP contribution in [0.3, 0.4) is 0 Å². The SMILES string of the molecule is CCNCc1cnn(Cc2cc(F)ccc2Br)c1C. The van der Waals surface area contributed by atoms with Crippen molar-refractivity contribution in [3.05, 3.63) is 51.5 Å². The lowest BCUT2D eigenvalue weighted by molar-refractivity contribution is 0.615. The van der Waals surface area contributed by atoms with Crippen molar-refractivity contribution in [1.82, 2.24) is 15.1 Å². The van der Waals surface area contributed by atoms with Crippen molar-refractivity contribution in [3.8, 4) is 0 Å². The highest BCUT2D eigenvalue weighted by atomic mass is 79.9. The van der Waals surface area contributed by atoms with Crippen LogP contribution in [-0.2, 0) is 13.1 Å². The second kappa shape index (κ2) is 6.30. The summed E-state index contributed by atoms with van der Waals surface area (Å²) < 4.78 is 16.1. The van der Waals surface area contributed by atoms with Gasteiger partial charge in [-0.15, -0.1) is 0 Å². The van der Waals surface area contributed by atoms with E-state index in [-0.39, 0.29) is 5.82 Å². The molecule has 0 saturated heterocycles. The fourth-order valence-corrected chi connectivity index (χ4v) is 2.28. The Morgan fingerprint density at radius 2 is 2.16 bits per heavy atom. The zero-order valence-corrected chi connectivity index (χ0v) is 12.7. The van der Waals surface area contributed by atoms with Crippen molar-refractivity contribution in [2.45, 2.75) is 26.9 Å². The molecule has 0 aliphatic rings. The topological polar surface area (TPSA) is 29.9 Å². The van der Waals surface area contributed by atoms with E-state index in [0.29, 0.717) is 6.54 Å². The second-order valence-corrected chi connectivity index (χ2v) is 5.28. The average molecular weight is 326 g/mol. The Morgan fingerprint density at radius 1 is 1.37 bits per heavy atom. The summed E-state index contributed by atoms with van der Waals surface area (Å²) in [6.07, 6.45) is 1.87. The van der Waals surface area contributed by atoms with E-state index in [1.54, 1.807) is 6.07 Å². The predicted molar refractivity (Wildman–Crippen MR) is 77.5 cm³/mol. The van der Waals surface area contributed by atoms with Gasteiger partial charge in [-0.2, -0.15) is 5.10 Å². The fraction of sp³-hybridized carbons (Fsp3) is 0.357. The van der Waals surface area contributed by atoms with Gasteiger partial charge >= 0.3 is 0 Å². The maximum absolute atomic E-state index is 13.3. The van der Waals surface area contributed by atoms with Gasteiger partial charge in [-0.05, 0) is 37.2 Å². The number of nitrogens with zero attached hydrogens (tertiary/aromatic N) is 2. The average Bonchev–Trinajstić information content (AvgIpc) is 2.73. The van der Waals surface area contributed by atoms with E-state index in [2.05, 4.69) is 33.3 Å². The van der Waals surface area contributed by atoms with Crippen molar-refractivity contribution in [2.75, 3.05) is 6.54 Å². The van der Waals surface area contributed by atoms with Crippen molar-refractivity contribution in [2.24, 2.45) is 0 Å². The minimum absolute atomic E-state index is 0.226. The summed E-state index contributed by atoms with van der Waals surface area (Å²) in [7, 11) is 0. The Balaban J connectivity index is 2.19. The molecule has 2 rings (SSSR count). The number of rotatable bonds is 5. The first kappa shape index (κ1) is 14.2. The number of halogens is 2. The molecule has 2 aromatic rings. The summed E-state index contributed by atoms with van der Waals surface area (Å²) >= 11 is 3.44. The van der Waals surface area contributed by atoms with E-state index in [4.69, 9.17) is 0 Å². The van der Waals surface area contributed by atoms with E-state index in [9.17, 15) is 4.39 Å².